The Morgan fingerprint density at radius 2 is 1.86 bits per heavy atom. The van der Waals surface area contributed by atoms with Crippen molar-refractivity contribution in [3.05, 3.63) is 48.4 Å². The molecule has 1 aliphatic carbocycles. The SMILES string of the molecule is COc1ccc(-c2nc(-n3cncn3)c3c(C)nc(C4CCCC4)n3n2)cc1. The third-order valence-corrected chi connectivity index (χ3v) is 5.38. The summed E-state index contributed by atoms with van der Waals surface area (Å²) in [7, 11) is 1.66. The van der Waals surface area contributed by atoms with Gasteiger partial charge in [-0.05, 0) is 44.0 Å². The summed E-state index contributed by atoms with van der Waals surface area (Å²) in [6.45, 7) is 2.00. The number of imidazole rings is 1. The van der Waals surface area contributed by atoms with Crippen LogP contribution in [0.1, 0.15) is 43.1 Å². The third kappa shape index (κ3) is 2.72. The number of rotatable bonds is 4. The van der Waals surface area contributed by atoms with Gasteiger partial charge in [-0.3, -0.25) is 0 Å². The zero-order chi connectivity index (χ0) is 19.1. The van der Waals surface area contributed by atoms with E-state index in [9.17, 15) is 0 Å². The fraction of sp³-hybridized carbons (Fsp3) is 0.350. The molecule has 5 rings (SSSR count). The highest BCUT2D eigenvalue weighted by atomic mass is 16.5. The van der Waals surface area contributed by atoms with Crippen molar-refractivity contribution in [3.63, 3.8) is 0 Å². The van der Waals surface area contributed by atoms with Crippen molar-refractivity contribution >= 4 is 5.52 Å². The second kappa shape index (κ2) is 6.70. The molecule has 142 valence electrons. The lowest BCUT2D eigenvalue weighted by Gasteiger charge is -2.11. The molecule has 3 aromatic heterocycles. The van der Waals surface area contributed by atoms with Crippen LogP contribution in [0.15, 0.2) is 36.9 Å². The van der Waals surface area contributed by atoms with Crippen molar-refractivity contribution in [2.75, 3.05) is 7.11 Å². The van der Waals surface area contributed by atoms with E-state index in [1.54, 1.807) is 18.1 Å². The van der Waals surface area contributed by atoms with Crippen LogP contribution >= 0.6 is 0 Å². The lowest BCUT2D eigenvalue weighted by molar-refractivity contribution is 0.415. The van der Waals surface area contributed by atoms with Crippen LogP contribution in [-0.2, 0) is 0 Å². The molecule has 0 aliphatic heterocycles. The molecule has 8 nitrogen and oxygen atoms in total. The summed E-state index contributed by atoms with van der Waals surface area (Å²) in [4.78, 5) is 13.8. The van der Waals surface area contributed by atoms with Crippen molar-refractivity contribution in [3.8, 4) is 23.0 Å². The molecular weight excluding hydrogens is 354 g/mol. The Morgan fingerprint density at radius 3 is 2.54 bits per heavy atom. The van der Waals surface area contributed by atoms with Gasteiger partial charge in [0.25, 0.3) is 0 Å². The largest absolute Gasteiger partial charge is 0.497 e. The number of fused-ring (bicyclic) bond motifs is 1. The Labute approximate surface area is 162 Å². The van der Waals surface area contributed by atoms with Crippen LogP contribution in [0.5, 0.6) is 5.75 Å². The van der Waals surface area contributed by atoms with Crippen molar-refractivity contribution in [2.24, 2.45) is 0 Å². The topological polar surface area (TPSA) is 83.0 Å². The maximum Gasteiger partial charge on any atom is 0.185 e. The van der Waals surface area contributed by atoms with Crippen molar-refractivity contribution in [1.29, 1.82) is 0 Å². The normalized spacial score (nSPS) is 14.8. The van der Waals surface area contributed by atoms with Crippen LogP contribution in [0.4, 0.5) is 0 Å². The van der Waals surface area contributed by atoms with E-state index in [4.69, 9.17) is 19.8 Å². The van der Waals surface area contributed by atoms with Crippen LogP contribution in [0, 0.1) is 6.92 Å². The van der Waals surface area contributed by atoms with Gasteiger partial charge in [-0.1, -0.05) is 12.8 Å². The molecule has 0 amide bonds. The summed E-state index contributed by atoms with van der Waals surface area (Å²) < 4.78 is 8.91. The van der Waals surface area contributed by atoms with Crippen molar-refractivity contribution in [2.45, 2.75) is 38.5 Å². The van der Waals surface area contributed by atoms with Gasteiger partial charge in [0, 0.05) is 11.5 Å². The van der Waals surface area contributed by atoms with Crippen LogP contribution in [0.3, 0.4) is 0 Å². The molecule has 4 aromatic rings. The maximum atomic E-state index is 5.27. The Hall–Kier alpha value is -3.29. The molecule has 8 heteroatoms. The Morgan fingerprint density at radius 1 is 1.07 bits per heavy atom. The van der Waals surface area contributed by atoms with Gasteiger partial charge in [0.1, 0.15) is 29.7 Å². The van der Waals surface area contributed by atoms with Crippen molar-refractivity contribution in [1.82, 2.24) is 34.3 Å². The lowest BCUT2D eigenvalue weighted by Crippen LogP contribution is -2.10. The van der Waals surface area contributed by atoms with Crippen LogP contribution in [-0.4, -0.2) is 41.5 Å². The second-order valence-electron chi connectivity index (χ2n) is 7.12. The zero-order valence-corrected chi connectivity index (χ0v) is 15.9. The summed E-state index contributed by atoms with van der Waals surface area (Å²) in [6.07, 6.45) is 7.95. The summed E-state index contributed by atoms with van der Waals surface area (Å²) in [5, 5.41) is 9.18. The second-order valence-corrected chi connectivity index (χ2v) is 7.12. The number of methoxy groups -OCH3 is 1. The number of hydrogen-bond donors (Lipinski definition) is 0. The first kappa shape index (κ1) is 16.9. The molecule has 1 aromatic carbocycles. The summed E-state index contributed by atoms with van der Waals surface area (Å²) >= 11 is 0. The Kier molecular flexibility index (Phi) is 4.03. The van der Waals surface area contributed by atoms with Gasteiger partial charge in [-0.15, -0.1) is 5.10 Å². The van der Waals surface area contributed by atoms with E-state index in [0.29, 0.717) is 17.6 Å². The van der Waals surface area contributed by atoms with E-state index in [1.807, 2.05) is 35.7 Å². The van der Waals surface area contributed by atoms with Crippen LogP contribution in [0.2, 0.25) is 0 Å². The summed E-state index contributed by atoms with van der Waals surface area (Å²) in [6, 6.07) is 7.75. The average molecular weight is 375 g/mol. The van der Waals surface area contributed by atoms with Gasteiger partial charge in [-0.25, -0.2) is 24.1 Å². The Bertz CT molecular complexity index is 1110. The number of aryl methyl sites for hydroxylation is 1. The molecular formula is C20H21N7O. The molecule has 0 unspecified atom stereocenters. The molecule has 0 saturated heterocycles. The molecule has 0 N–H and O–H groups in total. The Balaban J connectivity index is 1.75. The number of aromatic nitrogens is 7. The van der Waals surface area contributed by atoms with Gasteiger partial charge in [0.05, 0.1) is 12.8 Å². The molecule has 28 heavy (non-hydrogen) atoms. The third-order valence-electron chi connectivity index (χ3n) is 5.38. The molecule has 1 fully saturated rings. The minimum absolute atomic E-state index is 0.434. The predicted molar refractivity (Wildman–Crippen MR) is 104 cm³/mol. The monoisotopic (exact) mass is 375 g/mol. The van der Waals surface area contributed by atoms with Crippen LogP contribution in [0.25, 0.3) is 22.7 Å². The fourth-order valence-electron chi connectivity index (χ4n) is 3.96. The maximum absolute atomic E-state index is 5.27. The molecule has 0 atom stereocenters. The quantitative estimate of drug-likeness (QED) is 0.544. The number of ether oxygens (including phenoxy) is 1. The first-order valence-electron chi connectivity index (χ1n) is 9.51. The van der Waals surface area contributed by atoms with E-state index in [1.165, 1.54) is 19.2 Å². The minimum atomic E-state index is 0.434. The van der Waals surface area contributed by atoms with E-state index in [-0.39, 0.29) is 0 Å². The molecule has 1 aliphatic rings. The molecule has 0 spiro atoms. The summed E-state index contributed by atoms with van der Waals surface area (Å²) in [5.41, 5.74) is 2.70. The van der Waals surface area contributed by atoms with E-state index in [2.05, 4.69) is 10.1 Å². The smallest absolute Gasteiger partial charge is 0.185 e. The first-order valence-corrected chi connectivity index (χ1v) is 9.51. The highest BCUT2D eigenvalue weighted by molar-refractivity contribution is 5.67. The lowest BCUT2D eigenvalue weighted by atomic mass is 10.1. The molecule has 0 radical (unpaired) electrons. The molecule has 0 bridgehead atoms. The van der Waals surface area contributed by atoms with Crippen molar-refractivity contribution < 1.29 is 4.74 Å². The van der Waals surface area contributed by atoms with Gasteiger partial charge in [0.2, 0.25) is 0 Å². The van der Waals surface area contributed by atoms with Crippen LogP contribution < -0.4 is 4.74 Å². The van der Waals surface area contributed by atoms with Gasteiger partial charge >= 0.3 is 0 Å². The molecule has 1 saturated carbocycles. The standard InChI is InChI=1S/C20H21N7O/c1-13-17-20(26-12-21-11-22-26)24-18(14-7-9-16(28-2)10-8-14)25-27(17)19(23-13)15-5-3-4-6-15/h7-12,15H,3-6H2,1-2H3. The van der Waals surface area contributed by atoms with Gasteiger partial charge in [-0.2, -0.15) is 5.10 Å². The minimum Gasteiger partial charge on any atom is -0.497 e. The summed E-state index contributed by atoms with van der Waals surface area (Å²) in [5.74, 6) is 3.56. The highest BCUT2D eigenvalue weighted by Crippen LogP contribution is 2.35. The van der Waals surface area contributed by atoms with Gasteiger partial charge in [0.15, 0.2) is 11.6 Å². The number of nitrogens with zero attached hydrogens (tertiary/aromatic N) is 7. The predicted octanol–water partition coefficient (Wildman–Crippen LogP) is 3.35. The average Bonchev–Trinajstić information content (AvgIpc) is 3.49. The number of hydrogen-bond acceptors (Lipinski definition) is 6. The van der Waals surface area contributed by atoms with E-state index < -0.39 is 0 Å². The van der Waals surface area contributed by atoms with Gasteiger partial charge < -0.3 is 4.74 Å². The van der Waals surface area contributed by atoms with E-state index in [0.717, 1.165) is 41.2 Å². The van der Waals surface area contributed by atoms with E-state index >= 15 is 0 Å². The zero-order valence-electron chi connectivity index (χ0n) is 15.9. The number of benzene rings is 1. The first-order chi connectivity index (χ1) is 13.7. The molecule has 3 heterocycles. The highest BCUT2D eigenvalue weighted by Gasteiger charge is 2.26. The fourth-order valence-corrected chi connectivity index (χ4v) is 3.96.